The minimum Gasteiger partial charge on any atom is -0.467 e. The number of ether oxygens (including phenoxy) is 1. The number of furan rings is 1. The zero-order chi connectivity index (χ0) is 17.8. The van der Waals surface area contributed by atoms with E-state index in [1.165, 1.54) is 0 Å². The molecule has 1 saturated heterocycles. The number of nitrogens with one attached hydrogen (secondary N) is 1. The number of aromatic nitrogens is 2. The van der Waals surface area contributed by atoms with Crippen LogP contribution < -0.4 is 5.32 Å². The maximum absolute atomic E-state index is 12.4. The molecule has 0 unspecified atom stereocenters. The summed E-state index contributed by atoms with van der Waals surface area (Å²) in [5, 5.41) is 7.42. The molecule has 1 amide bonds. The van der Waals surface area contributed by atoms with E-state index in [0.717, 1.165) is 23.7 Å². The van der Waals surface area contributed by atoms with Gasteiger partial charge in [-0.05, 0) is 39.0 Å². The highest BCUT2D eigenvalue weighted by atomic mass is 16.5. The number of carbonyl (C=O) groups excluding carboxylic acids is 1. The molecule has 2 aromatic rings. The Hall–Kier alpha value is -2.12. The van der Waals surface area contributed by atoms with Crippen molar-refractivity contribution in [1.29, 1.82) is 0 Å². The zero-order valence-electron chi connectivity index (χ0n) is 15.1. The number of morpholine rings is 1. The SMILES string of the molecule is Cc1cc(C)n(C[C@@H]2CN([C@@H](C)C(=O)NCc3ccco3)CCO2)n1. The molecule has 2 aromatic heterocycles. The van der Waals surface area contributed by atoms with Crippen LogP contribution in [-0.2, 0) is 22.6 Å². The van der Waals surface area contributed by atoms with E-state index in [1.54, 1.807) is 6.26 Å². The van der Waals surface area contributed by atoms with E-state index in [2.05, 4.69) is 21.4 Å². The van der Waals surface area contributed by atoms with Gasteiger partial charge in [0.1, 0.15) is 5.76 Å². The van der Waals surface area contributed by atoms with Crippen molar-refractivity contribution < 1.29 is 13.9 Å². The van der Waals surface area contributed by atoms with E-state index in [9.17, 15) is 4.79 Å². The molecule has 1 fully saturated rings. The summed E-state index contributed by atoms with van der Waals surface area (Å²) in [4.78, 5) is 14.6. The van der Waals surface area contributed by atoms with Gasteiger partial charge in [-0.15, -0.1) is 0 Å². The summed E-state index contributed by atoms with van der Waals surface area (Å²) in [5.74, 6) is 0.757. The Morgan fingerprint density at radius 1 is 1.48 bits per heavy atom. The van der Waals surface area contributed by atoms with Crippen molar-refractivity contribution in [3.05, 3.63) is 41.6 Å². The van der Waals surface area contributed by atoms with Crippen LogP contribution in [0.1, 0.15) is 24.1 Å². The molecule has 0 spiro atoms. The third-order valence-electron chi connectivity index (χ3n) is 4.59. The Bertz CT molecular complexity index is 695. The summed E-state index contributed by atoms with van der Waals surface area (Å²) < 4.78 is 13.1. The summed E-state index contributed by atoms with van der Waals surface area (Å²) in [7, 11) is 0. The minimum atomic E-state index is -0.207. The van der Waals surface area contributed by atoms with E-state index in [4.69, 9.17) is 9.15 Å². The molecular formula is C18H26N4O3. The number of rotatable bonds is 6. The molecule has 0 aromatic carbocycles. The first-order valence-electron chi connectivity index (χ1n) is 8.69. The Balaban J connectivity index is 1.53. The van der Waals surface area contributed by atoms with Crippen LogP contribution in [-0.4, -0.2) is 52.4 Å². The van der Waals surface area contributed by atoms with Gasteiger partial charge >= 0.3 is 0 Å². The van der Waals surface area contributed by atoms with Crippen LogP contribution in [0.4, 0.5) is 0 Å². The summed E-state index contributed by atoms with van der Waals surface area (Å²) >= 11 is 0. The summed E-state index contributed by atoms with van der Waals surface area (Å²) in [6.45, 7) is 9.18. The van der Waals surface area contributed by atoms with Crippen LogP contribution in [0.15, 0.2) is 28.9 Å². The van der Waals surface area contributed by atoms with E-state index in [0.29, 0.717) is 26.2 Å². The van der Waals surface area contributed by atoms with E-state index < -0.39 is 0 Å². The molecule has 0 radical (unpaired) electrons. The van der Waals surface area contributed by atoms with Gasteiger partial charge in [0.15, 0.2) is 0 Å². The molecule has 0 bridgehead atoms. The maximum Gasteiger partial charge on any atom is 0.237 e. The fraction of sp³-hybridized carbons (Fsp3) is 0.556. The first kappa shape index (κ1) is 17.7. The lowest BCUT2D eigenvalue weighted by molar-refractivity contribution is -0.129. The van der Waals surface area contributed by atoms with Gasteiger partial charge in [-0.2, -0.15) is 5.10 Å². The molecular weight excluding hydrogens is 320 g/mol. The fourth-order valence-corrected chi connectivity index (χ4v) is 3.16. The first-order chi connectivity index (χ1) is 12.0. The lowest BCUT2D eigenvalue weighted by Gasteiger charge is -2.36. The van der Waals surface area contributed by atoms with Crippen molar-refractivity contribution >= 4 is 5.91 Å². The Morgan fingerprint density at radius 3 is 3.00 bits per heavy atom. The topological polar surface area (TPSA) is 72.5 Å². The van der Waals surface area contributed by atoms with Gasteiger partial charge in [-0.1, -0.05) is 0 Å². The van der Waals surface area contributed by atoms with E-state index >= 15 is 0 Å². The highest BCUT2D eigenvalue weighted by Crippen LogP contribution is 2.13. The largest absolute Gasteiger partial charge is 0.467 e. The average Bonchev–Trinajstić information content (AvgIpc) is 3.22. The Morgan fingerprint density at radius 2 is 2.32 bits per heavy atom. The van der Waals surface area contributed by atoms with Crippen LogP contribution in [0.3, 0.4) is 0 Å². The van der Waals surface area contributed by atoms with Crippen LogP contribution in [0.25, 0.3) is 0 Å². The number of hydrogen-bond donors (Lipinski definition) is 1. The normalized spacial score (nSPS) is 19.7. The van der Waals surface area contributed by atoms with Crippen molar-refractivity contribution in [3.63, 3.8) is 0 Å². The third-order valence-corrected chi connectivity index (χ3v) is 4.59. The molecule has 1 aliphatic rings. The second-order valence-electron chi connectivity index (χ2n) is 6.57. The smallest absolute Gasteiger partial charge is 0.237 e. The highest BCUT2D eigenvalue weighted by Gasteiger charge is 2.28. The van der Waals surface area contributed by atoms with Crippen molar-refractivity contribution in [3.8, 4) is 0 Å². The predicted molar refractivity (Wildman–Crippen MR) is 93.0 cm³/mol. The monoisotopic (exact) mass is 346 g/mol. The molecule has 25 heavy (non-hydrogen) atoms. The standard InChI is InChI=1S/C18H26N4O3/c1-13-9-14(2)22(20-13)12-17-11-21(6-8-25-17)15(3)18(23)19-10-16-5-4-7-24-16/h4-5,7,9,15,17H,6,8,10-12H2,1-3H3,(H,19,23)/t15-,17-/m0/s1. The van der Waals surface area contributed by atoms with Gasteiger partial charge in [0.05, 0.1) is 43.8 Å². The van der Waals surface area contributed by atoms with Crippen LogP contribution in [0, 0.1) is 13.8 Å². The van der Waals surface area contributed by atoms with Crippen molar-refractivity contribution in [2.75, 3.05) is 19.7 Å². The third kappa shape index (κ3) is 4.49. The Kier molecular flexibility index (Phi) is 5.55. The van der Waals surface area contributed by atoms with Gasteiger partial charge < -0.3 is 14.5 Å². The van der Waals surface area contributed by atoms with Crippen molar-refractivity contribution in [2.24, 2.45) is 0 Å². The average molecular weight is 346 g/mol. The number of carbonyl (C=O) groups is 1. The second-order valence-corrected chi connectivity index (χ2v) is 6.57. The molecule has 0 aliphatic carbocycles. The lowest BCUT2D eigenvalue weighted by atomic mass is 10.2. The summed E-state index contributed by atoms with van der Waals surface area (Å²) in [6, 6.07) is 5.52. The van der Waals surface area contributed by atoms with Crippen molar-refractivity contribution in [2.45, 2.75) is 46.0 Å². The molecule has 2 atom stereocenters. The predicted octanol–water partition coefficient (Wildman–Crippen LogP) is 1.50. The van der Waals surface area contributed by atoms with Crippen LogP contribution >= 0.6 is 0 Å². The molecule has 136 valence electrons. The maximum atomic E-state index is 12.4. The zero-order valence-corrected chi connectivity index (χ0v) is 15.1. The lowest BCUT2D eigenvalue weighted by Crippen LogP contribution is -2.53. The van der Waals surface area contributed by atoms with Gasteiger partial charge in [-0.3, -0.25) is 14.4 Å². The molecule has 3 heterocycles. The number of amides is 1. The summed E-state index contributed by atoms with van der Waals surface area (Å²) in [6.07, 6.45) is 1.64. The Labute approximate surface area is 147 Å². The number of nitrogens with zero attached hydrogens (tertiary/aromatic N) is 3. The first-order valence-corrected chi connectivity index (χ1v) is 8.69. The van der Waals surface area contributed by atoms with Gasteiger partial charge in [0.2, 0.25) is 5.91 Å². The van der Waals surface area contributed by atoms with Crippen molar-refractivity contribution in [1.82, 2.24) is 20.0 Å². The van der Waals surface area contributed by atoms with E-state index in [1.807, 2.05) is 37.6 Å². The van der Waals surface area contributed by atoms with Gasteiger partial charge in [-0.25, -0.2) is 0 Å². The van der Waals surface area contributed by atoms with Gasteiger partial charge in [0, 0.05) is 18.8 Å². The van der Waals surface area contributed by atoms with Crippen LogP contribution in [0.5, 0.6) is 0 Å². The van der Waals surface area contributed by atoms with Gasteiger partial charge in [0.25, 0.3) is 0 Å². The quantitative estimate of drug-likeness (QED) is 0.858. The highest BCUT2D eigenvalue weighted by molar-refractivity contribution is 5.81. The molecule has 0 saturated carbocycles. The molecule has 7 heteroatoms. The molecule has 3 rings (SSSR count). The molecule has 7 nitrogen and oxygen atoms in total. The number of aryl methyl sites for hydroxylation is 2. The molecule has 1 N–H and O–H groups in total. The second kappa shape index (κ2) is 7.84. The molecule has 1 aliphatic heterocycles. The fourth-order valence-electron chi connectivity index (χ4n) is 3.16. The summed E-state index contributed by atoms with van der Waals surface area (Å²) in [5.41, 5.74) is 2.14. The minimum absolute atomic E-state index is 0.00293. The number of hydrogen-bond acceptors (Lipinski definition) is 5. The van der Waals surface area contributed by atoms with E-state index in [-0.39, 0.29) is 18.1 Å². The van der Waals surface area contributed by atoms with Crippen LogP contribution in [0.2, 0.25) is 0 Å².